The molecule has 2 rings (SSSR count). The molecule has 4 nitrogen and oxygen atoms in total. The van der Waals surface area contributed by atoms with Crippen molar-refractivity contribution in [2.75, 3.05) is 24.7 Å². The van der Waals surface area contributed by atoms with Crippen molar-refractivity contribution in [2.45, 2.75) is 26.0 Å². The lowest BCUT2D eigenvalue weighted by molar-refractivity contribution is 0.0923. The van der Waals surface area contributed by atoms with Gasteiger partial charge in [0.25, 0.3) is 0 Å². The van der Waals surface area contributed by atoms with Crippen molar-refractivity contribution in [3.63, 3.8) is 0 Å². The van der Waals surface area contributed by atoms with Crippen LogP contribution in [-0.4, -0.2) is 35.9 Å². The molecule has 1 aliphatic rings. The zero-order valence-corrected chi connectivity index (χ0v) is 9.59. The maximum atomic E-state index is 9.31. The number of aliphatic hydroxyl groups is 1. The molecule has 1 aromatic rings. The summed E-state index contributed by atoms with van der Waals surface area (Å²) in [5, 5.41) is 9.31. The predicted octanol–water partition coefficient (Wildman–Crippen LogP) is 1.19. The quantitative estimate of drug-likeness (QED) is 0.834. The van der Waals surface area contributed by atoms with Crippen molar-refractivity contribution in [2.24, 2.45) is 0 Å². The molecule has 1 saturated heterocycles. The van der Waals surface area contributed by atoms with Crippen molar-refractivity contribution >= 4 is 5.82 Å². The fourth-order valence-corrected chi connectivity index (χ4v) is 2.08. The number of aliphatic hydroxyl groups excluding tert-OH is 1. The summed E-state index contributed by atoms with van der Waals surface area (Å²) in [6.07, 6.45) is 2.80. The van der Waals surface area contributed by atoms with Crippen molar-refractivity contribution < 1.29 is 9.84 Å². The van der Waals surface area contributed by atoms with Gasteiger partial charge in [0.05, 0.1) is 25.9 Å². The van der Waals surface area contributed by atoms with Crippen molar-refractivity contribution in [3.8, 4) is 0 Å². The van der Waals surface area contributed by atoms with Crippen LogP contribution in [0.1, 0.15) is 18.9 Å². The lowest BCUT2D eigenvalue weighted by atomic mass is 10.1. The molecule has 1 atom stereocenters. The van der Waals surface area contributed by atoms with Crippen LogP contribution in [0.2, 0.25) is 0 Å². The number of anilines is 1. The molecule has 1 unspecified atom stereocenters. The van der Waals surface area contributed by atoms with Gasteiger partial charge in [0.15, 0.2) is 0 Å². The third-order valence-corrected chi connectivity index (χ3v) is 3.01. The van der Waals surface area contributed by atoms with Gasteiger partial charge >= 0.3 is 0 Å². The van der Waals surface area contributed by atoms with Gasteiger partial charge in [-0.1, -0.05) is 13.0 Å². The summed E-state index contributed by atoms with van der Waals surface area (Å²) in [6.45, 7) is 4.52. The number of ether oxygens (including phenoxy) is 1. The minimum Gasteiger partial charge on any atom is -0.392 e. The number of aromatic nitrogens is 1. The highest BCUT2D eigenvalue weighted by Gasteiger charge is 2.24. The van der Waals surface area contributed by atoms with E-state index in [0.717, 1.165) is 37.6 Å². The third-order valence-electron chi connectivity index (χ3n) is 3.01. The fourth-order valence-electron chi connectivity index (χ4n) is 2.08. The van der Waals surface area contributed by atoms with Gasteiger partial charge in [-0.15, -0.1) is 0 Å². The highest BCUT2D eigenvalue weighted by molar-refractivity contribution is 5.47. The van der Waals surface area contributed by atoms with Gasteiger partial charge in [0.1, 0.15) is 5.82 Å². The van der Waals surface area contributed by atoms with E-state index in [-0.39, 0.29) is 6.61 Å². The Labute approximate surface area is 95.9 Å². The van der Waals surface area contributed by atoms with Gasteiger partial charge in [-0.05, 0) is 12.5 Å². The standard InChI is InChI=1S/C12H18N2O2/c1-2-11-9-16-7-6-14(11)12-10(8-15)4-3-5-13-12/h3-5,11,15H,2,6-9H2,1H3. The molecule has 88 valence electrons. The Morgan fingerprint density at radius 3 is 3.25 bits per heavy atom. The first-order chi connectivity index (χ1) is 7.86. The van der Waals surface area contributed by atoms with Gasteiger partial charge in [-0.3, -0.25) is 0 Å². The normalized spacial score (nSPS) is 21.1. The van der Waals surface area contributed by atoms with E-state index in [1.165, 1.54) is 0 Å². The molecular formula is C12H18N2O2. The largest absolute Gasteiger partial charge is 0.392 e. The molecule has 0 amide bonds. The number of nitrogens with zero attached hydrogens (tertiary/aromatic N) is 2. The van der Waals surface area contributed by atoms with Crippen LogP contribution in [0.15, 0.2) is 18.3 Å². The second kappa shape index (κ2) is 5.27. The van der Waals surface area contributed by atoms with Crippen LogP contribution in [0.4, 0.5) is 5.82 Å². The van der Waals surface area contributed by atoms with E-state index >= 15 is 0 Å². The zero-order valence-electron chi connectivity index (χ0n) is 9.59. The van der Waals surface area contributed by atoms with E-state index in [2.05, 4.69) is 16.8 Å². The Bertz CT molecular complexity index is 344. The second-order valence-electron chi connectivity index (χ2n) is 3.97. The number of morpholine rings is 1. The summed E-state index contributed by atoms with van der Waals surface area (Å²) in [5.74, 6) is 0.903. The van der Waals surface area contributed by atoms with Crippen LogP contribution < -0.4 is 4.90 Å². The average molecular weight is 222 g/mol. The van der Waals surface area contributed by atoms with Gasteiger partial charge < -0.3 is 14.7 Å². The van der Waals surface area contributed by atoms with Crippen LogP contribution in [0, 0.1) is 0 Å². The molecule has 0 saturated carbocycles. The third kappa shape index (κ3) is 2.18. The van der Waals surface area contributed by atoms with E-state index in [0.29, 0.717) is 6.04 Å². The highest BCUT2D eigenvalue weighted by Crippen LogP contribution is 2.22. The minimum absolute atomic E-state index is 0.0387. The summed E-state index contributed by atoms with van der Waals surface area (Å²) < 4.78 is 5.47. The number of pyridine rings is 1. The molecule has 4 heteroatoms. The molecule has 0 bridgehead atoms. The Hall–Kier alpha value is -1.13. The highest BCUT2D eigenvalue weighted by atomic mass is 16.5. The molecule has 0 radical (unpaired) electrons. The first-order valence-electron chi connectivity index (χ1n) is 5.76. The number of hydrogen-bond donors (Lipinski definition) is 1. The molecule has 0 aromatic carbocycles. The lowest BCUT2D eigenvalue weighted by Crippen LogP contribution is -2.46. The summed E-state index contributed by atoms with van der Waals surface area (Å²) >= 11 is 0. The summed E-state index contributed by atoms with van der Waals surface area (Å²) in [6, 6.07) is 4.15. The lowest BCUT2D eigenvalue weighted by Gasteiger charge is -2.36. The van der Waals surface area contributed by atoms with Crippen molar-refractivity contribution in [3.05, 3.63) is 23.9 Å². The molecular weight excluding hydrogens is 204 g/mol. The van der Waals surface area contributed by atoms with Crippen LogP contribution in [-0.2, 0) is 11.3 Å². The minimum atomic E-state index is 0.0387. The topological polar surface area (TPSA) is 45.6 Å². The van der Waals surface area contributed by atoms with E-state index in [9.17, 15) is 5.11 Å². The molecule has 0 aliphatic carbocycles. The van der Waals surface area contributed by atoms with E-state index < -0.39 is 0 Å². The monoisotopic (exact) mass is 222 g/mol. The van der Waals surface area contributed by atoms with Crippen LogP contribution >= 0.6 is 0 Å². The SMILES string of the molecule is CCC1COCCN1c1ncccc1CO. The number of rotatable bonds is 3. The Morgan fingerprint density at radius 1 is 1.62 bits per heavy atom. The first-order valence-corrected chi connectivity index (χ1v) is 5.76. The molecule has 0 spiro atoms. The van der Waals surface area contributed by atoms with Crippen LogP contribution in [0.5, 0.6) is 0 Å². The van der Waals surface area contributed by atoms with E-state index in [1.807, 2.05) is 12.1 Å². The van der Waals surface area contributed by atoms with Gasteiger partial charge in [-0.2, -0.15) is 0 Å². The van der Waals surface area contributed by atoms with Crippen LogP contribution in [0.3, 0.4) is 0 Å². The Kier molecular flexibility index (Phi) is 3.74. The maximum absolute atomic E-state index is 9.31. The maximum Gasteiger partial charge on any atom is 0.134 e. The molecule has 1 aromatic heterocycles. The molecule has 1 aliphatic heterocycles. The van der Waals surface area contributed by atoms with Gasteiger partial charge in [0.2, 0.25) is 0 Å². The zero-order chi connectivity index (χ0) is 11.4. The molecule has 1 fully saturated rings. The Morgan fingerprint density at radius 2 is 2.50 bits per heavy atom. The second-order valence-corrected chi connectivity index (χ2v) is 3.97. The first kappa shape index (κ1) is 11.4. The van der Waals surface area contributed by atoms with Crippen molar-refractivity contribution in [1.29, 1.82) is 0 Å². The van der Waals surface area contributed by atoms with Gasteiger partial charge in [0, 0.05) is 18.3 Å². The number of hydrogen-bond acceptors (Lipinski definition) is 4. The van der Waals surface area contributed by atoms with Gasteiger partial charge in [-0.25, -0.2) is 4.98 Å². The van der Waals surface area contributed by atoms with E-state index in [4.69, 9.17) is 4.74 Å². The van der Waals surface area contributed by atoms with E-state index in [1.54, 1.807) is 6.20 Å². The smallest absolute Gasteiger partial charge is 0.134 e. The summed E-state index contributed by atoms with van der Waals surface area (Å²) in [4.78, 5) is 6.63. The molecule has 16 heavy (non-hydrogen) atoms. The fraction of sp³-hybridized carbons (Fsp3) is 0.583. The summed E-state index contributed by atoms with van der Waals surface area (Å²) in [7, 11) is 0. The van der Waals surface area contributed by atoms with Crippen LogP contribution in [0.25, 0.3) is 0 Å². The molecule has 2 heterocycles. The van der Waals surface area contributed by atoms with Crippen molar-refractivity contribution in [1.82, 2.24) is 4.98 Å². The molecule has 1 N–H and O–H groups in total. The Balaban J connectivity index is 2.26. The average Bonchev–Trinajstić information content (AvgIpc) is 2.38. The predicted molar refractivity (Wildman–Crippen MR) is 62.4 cm³/mol. The summed E-state index contributed by atoms with van der Waals surface area (Å²) in [5.41, 5.74) is 0.892.